The van der Waals surface area contributed by atoms with Gasteiger partial charge < -0.3 is 4.40 Å². The SMILES string of the molecule is c1ccc2c(c1)ccn1cc3nc4ccccc4c-3cc21. The molecule has 0 spiro atoms. The van der Waals surface area contributed by atoms with E-state index in [4.69, 9.17) is 4.98 Å². The summed E-state index contributed by atoms with van der Waals surface area (Å²) >= 11 is 0. The largest absolute Gasteiger partial charge is 0.321 e. The van der Waals surface area contributed by atoms with Gasteiger partial charge in [0.25, 0.3) is 0 Å². The molecule has 2 aliphatic rings. The lowest BCUT2D eigenvalue weighted by atomic mass is 10.1. The summed E-state index contributed by atoms with van der Waals surface area (Å²) in [6.07, 6.45) is 4.23. The molecular formula is C19H12N2. The molecule has 3 heterocycles. The first-order valence-electron chi connectivity index (χ1n) is 7.08. The quantitative estimate of drug-likeness (QED) is 0.371. The number of hydrogen-bond donors (Lipinski definition) is 0. The van der Waals surface area contributed by atoms with Crippen LogP contribution in [0.1, 0.15) is 0 Å². The van der Waals surface area contributed by atoms with E-state index in [0.29, 0.717) is 0 Å². The Bertz CT molecular complexity index is 1080. The van der Waals surface area contributed by atoms with E-state index in [1.165, 1.54) is 27.2 Å². The average molecular weight is 268 g/mol. The number of benzene rings is 2. The highest BCUT2D eigenvalue weighted by Crippen LogP contribution is 2.33. The van der Waals surface area contributed by atoms with Crippen molar-refractivity contribution in [2.24, 2.45) is 0 Å². The van der Waals surface area contributed by atoms with Gasteiger partial charge in [-0.1, -0.05) is 42.5 Å². The minimum absolute atomic E-state index is 1.05. The summed E-state index contributed by atoms with van der Waals surface area (Å²) in [5, 5.41) is 3.76. The van der Waals surface area contributed by atoms with E-state index >= 15 is 0 Å². The van der Waals surface area contributed by atoms with Gasteiger partial charge in [-0.3, -0.25) is 0 Å². The van der Waals surface area contributed by atoms with Crippen LogP contribution in [0.25, 0.3) is 38.4 Å². The molecule has 2 heteroatoms. The number of aromatic nitrogens is 2. The molecule has 0 fully saturated rings. The van der Waals surface area contributed by atoms with Crippen LogP contribution in [0.3, 0.4) is 0 Å². The summed E-state index contributed by atoms with van der Waals surface area (Å²) in [5.74, 6) is 0. The second-order valence-electron chi connectivity index (χ2n) is 5.40. The standard InChI is InChI=1S/C19H12N2/c1-2-6-14-13(5-1)9-10-21-12-18-16(11-19(14)21)15-7-3-4-8-17(15)20-18/h1-12H. The van der Waals surface area contributed by atoms with Crippen molar-refractivity contribution >= 4 is 27.2 Å². The highest BCUT2D eigenvalue weighted by atomic mass is 14.9. The Balaban J connectivity index is 2.04. The van der Waals surface area contributed by atoms with Crippen LogP contribution in [-0.2, 0) is 0 Å². The van der Waals surface area contributed by atoms with Gasteiger partial charge in [-0.25, -0.2) is 4.98 Å². The van der Waals surface area contributed by atoms with Gasteiger partial charge in [0.2, 0.25) is 0 Å². The van der Waals surface area contributed by atoms with E-state index in [9.17, 15) is 0 Å². The lowest BCUT2D eigenvalue weighted by molar-refractivity contribution is 1.17. The normalized spacial score (nSPS) is 11.8. The van der Waals surface area contributed by atoms with E-state index in [-0.39, 0.29) is 0 Å². The van der Waals surface area contributed by atoms with Gasteiger partial charge in [-0.2, -0.15) is 0 Å². The van der Waals surface area contributed by atoms with Crippen LogP contribution in [0.4, 0.5) is 0 Å². The monoisotopic (exact) mass is 268 g/mol. The molecule has 98 valence electrons. The van der Waals surface area contributed by atoms with Crippen LogP contribution in [0.5, 0.6) is 0 Å². The van der Waals surface area contributed by atoms with Crippen molar-refractivity contribution < 1.29 is 0 Å². The van der Waals surface area contributed by atoms with Gasteiger partial charge in [0, 0.05) is 28.7 Å². The molecule has 2 aliphatic heterocycles. The molecule has 0 bridgehead atoms. The molecule has 0 radical (unpaired) electrons. The molecule has 0 unspecified atom stereocenters. The lowest BCUT2D eigenvalue weighted by Gasteiger charge is -2.08. The first-order valence-corrected chi connectivity index (χ1v) is 7.08. The van der Waals surface area contributed by atoms with Crippen LogP contribution in [0.15, 0.2) is 73.1 Å². The Kier molecular flexibility index (Phi) is 1.98. The molecule has 2 aromatic carbocycles. The average Bonchev–Trinajstić information content (AvgIpc) is 2.90. The zero-order valence-electron chi connectivity index (χ0n) is 11.3. The molecule has 1 aromatic heterocycles. The molecule has 3 aromatic rings. The second kappa shape index (κ2) is 3.83. The molecule has 0 amide bonds. The summed E-state index contributed by atoms with van der Waals surface area (Å²) in [4.78, 5) is 4.72. The molecule has 2 nitrogen and oxygen atoms in total. The maximum atomic E-state index is 4.72. The maximum Gasteiger partial charge on any atom is 0.0882 e. The minimum atomic E-state index is 1.05. The number of fused-ring (bicyclic) bond motifs is 6. The second-order valence-corrected chi connectivity index (χ2v) is 5.40. The zero-order chi connectivity index (χ0) is 13.8. The van der Waals surface area contributed by atoms with Crippen LogP contribution >= 0.6 is 0 Å². The van der Waals surface area contributed by atoms with E-state index in [1.54, 1.807) is 0 Å². The van der Waals surface area contributed by atoms with Gasteiger partial charge in [-0.05, 0) is 23.6 Å². The Morgan fingerprint density at radius 3 is 2.57 bits per heavy atom. The summed E-state index contributed by atoms with van der Waals surface area (Å²) in [6.45, 7) is 0. The number of hydrogen-bond acceptors (Lipinski definition) is 1. The Morgan fingerprint density at radius 1 is 0.810 bits per heavy atom. The Morgan fingerprint density at radius 2 is 1.62 bits per heavy atom. The van der Waals surface area contributed by atoms with Gasteiger partial charge in [0.15, 0.2) is 0 Å². The fraction of sp³-hybridized carbons (Fsp3) is 0. The van der Waals surface area contributed by atoms with Crippen LogP contribution in [-0.4, -0.2) is 9.38 Å². The number of rotatable bonds is 0. The highest BCUT2D eigenvalue weighted by Gasteiger charge is 2.13. The number of pyridine rings is 2. The smallest absolute Gasteiger partial charge is 0.0882 e. The van der Waals surface area contributed by atoms with Crippen LogP contribution in [0.2, 0.25) is 0 Å². The van der Waals surface area contributed by atoms with Crippen molar-refractivity contribution in [1.82, 2.24) is 9.38 Å². The molecule has 5 rings (SSSR count). The van der Waals surface area contributed by atoms with Gasteiger partial charge >= 0.3 is 0 Å². The van der Waals surface area contributed by atoms with Crippen molar-refractivity contribution in [1.29, 1.82) is 0 Å². The van der Waals surface area contributed by atoms with Crippen molar-refractivity contribution in [2.45, 2.75) is 0 Å². The summed E-state index contributed by atoms with van der Waals surface area (Å²) in [7, 11) is 0. The Labute approximate surface area is 121 Å². The first-order chi connectivity index (χ1) is 10.4. The summed E-state index contributed by atoms with van der Waals surface area (Å²) in [6, 6.07) is 21.2. The fourth-order valence-electron chi connectivity index (χ4n) is 3.17. The topological polar surface area (TPSA) is 17.3 Å². The summed E-state index contributed by atoms with van der Waals surface area (Å²) in [5.41, 5.74) is 4.55. The molecule has 0 saturated heterocycles. The third-order valence-electron chi connectivity index (χ3n) is 4.18. The molecule has 21 heavy (non-hydrogen) atoms. The highest BCUT2D eigenvalue weighted by molar-refractivity contribution is 6.02. The Hall–Kier alpha value is -2.87. The van der Waals surface area contributed by atoms with Gasteiger partial charge in [0.05, 0.1) is 16.7 Å². The van der Waals surface area contributed by atoms with E-state index in [2.05, 4.69) is 71.4 Å². The maximum absolute atomic E-state index is 4.72. The third kappa shape index (κ3) is 1.44. The predicted octanol–water partition coefficient (Wildman–Crippen LogP) is 4.75. The van der Waals surface area contributed by atoms with Crippen molar-refractivity contribution in [2.75, 3.05) is 0 Å². The molecule has 0 atom stereocenters. The first kappa shape index (κ1) is 10.9. The van der Waals surface area contributed by atoms with Crippen LogP contribution in [0, 0.1) is 0 Å². The lowest BCUT2D eigenvalue weighted by Crippen LogP contribution is -1.91. The van der Waals surface area contributed by atoms with Crippen molar-refractivity contribution in [3.05, 3.63) is 73.1 Å². The summed E-state index contributed by atoms with van der Waals surface area (Å²) < 4.78 is 2.16. The van der Waals surface area contributed by atoms with E-state index < -0.39 is 0 Å². The fourth-order valence-corrected chi connectivity index (χ4v) is 3.17. The molecule has 0 N–H and O–H groups in total. The van der Waals surface area contributed by atoms with Crippen molar-refractivity contribution in [3.63, 3.8) is 0 Å². The van der Waals surface area contributed by atoms with Gasteiger partial charge in [0.1, 0.15) is 0 Å². The predicted molar refractivity (Wildman–Crippen MR) is 86.8 cm³/mol. The van der Waals surface area contributed by atoms with Gasteiger partial charge in [-0.15, -0.1) is 0 Å². The molecule has 0 saturated carbocycles. The van der Waals surface area contributed by atoms with Crippen LogP contribution < -0.4 is 0 Å². The van der Waals surface area contributed by atoms with Crippen molar-refractivity contribution in [3.8, 4) is 11.3 Å². The number of nitrogens with zero attached hydrogens (tertiary/aromatic N) is 2. The third-order valence-corrected chi connectivity index (χ3v) is 4.18. The minimum Gasteiger partial charge on any atom is -0.321 e. The van der Waals surface area contributed by atoms with E-state index in [0.717, 1.165) is 11.2 Å². The number of para-hydroxylation sites is 1. The molecular weight excluding hydrogens is 256 g/mol. The molecule has 0 aliphatic carbocycles. The van der Waals surface area contributed by atoms with E-state index in [1.807, 2.05) is 6.07 Å². The zero-order valence-corrected chi connectivity index (χ0v) is 11.3.